The van der Waals surface area contributed by atoms with Crippen LogP contribution in [0.1, 0.15) is 20.3 Å². The molecule has 0 N–H and O–H groups in total. The zero-order valence-corrected chi connectivity index (χ0v) is 16.4. The maximum Gasteiger partial charge on any atom is 0.221 e. The topological polar surface area (TPSA) is 86.3 Å². The summed E-state index contributed by atoms with van der Waals surface area (Å²) in [4.78, 5) is 6.28. The van der Waals surface area contributed by atoms with Gasteiger partial charge in [0.25, 0.3) is 0 Å². The van der Waals surface area contributed by atoms with Gasteiger partial charge in [0.1, 0.15) is 38.0 Å². The lowest BCUT2D eigenvalue weighted by Crippen LogP contribution is -2.46. The molecule has 0 radical (unpaired) electrons. The minimum Gasteiger partial charge on any atom is -0.359 e. The van der Waals surface area contributed by atoms with Crippen LogP contribution in [0.5, 0.6) is 0 Å². The fourth-order valence-electron chi connectivity index (χ4n) is 4.43. The summed E-state index contributed by atoms with van der Waals surface area (Å²) in [6.07, 6.45) is -1.23. The summed E-state index contributed by atoms with van der Waals surface area (Å²) < 4.78 is 45.5. The Hall–Kier alpha value is -0.400. The summed E-state index contributed by atoms with van der Waals surface area (Å²) in [6, 6.07) is -0.0782. The van der Waals surface area contributed by atoms with Crippen LogP contribution in [0.2, 0.25) is 0 Å². The smallest absolute Gasteiger partial charge is 0.221 e. The summed E-state index contributed by atoms with van der Waals surface area (Å²) in [5.74, 6) is -1.71. The summed E-state index contributed by atoms with van der Waals surface area (Å²) in [6.45, 7) is 4.62. The van der Waals surface area contributed by atoms with E-state index in [1.54, 1.807) is 21.3 Å². The van der Waals surface area contributed by atoms with Crippen molar-refractivity contribution >= 4 is 0 Å². The molecule has 7 atom stereocenters. The van der Waals surface area contributed by atoms with Crippen LogP contribution in [-0.2, 0) is 42.7 Å². The van der Waals surface area contributed by atoms with E-state index in [0.29, 0.717) is 13.0 Å². The molecule has 10 nitrogen and oxygen atoms in total. The maximum atomic E-state index is 6.28. The van der Waals surface area contributed by atoms with E-state index in [2.05, 4.69) is 0 Å². The molecule has 0 aromatic heterocycles. The van der Waals surface area contributed by atoms with Crippen LogP contribution in [0.25, 0.3) is 0 Å². The van der Waals surface area contributed by atoms with E-state index < -0.39 is 24.0 Å². The van der Waals surface area contributed by atoms with Crippen molar-refractivity contribution in [1.82, 2.24) is 5.06 Å². The molecule has 10 heteroatoms. The zero-order chi connectivity index (χ0) is 19.2. The minimum absolute atomic E-state index is 0.0782. The number of rotatable bonds is 7. The zero-order valence-electron chi connectivity index (χ0n) is 16.4. The van der Waals surface area contributed by atoms with Gasteiger partial charge in [0.05, 0.1) is 12.6 Å². The Labute approximate surface area is 158 Å². The predicted molar refractivity (Wildman–Crippen MR) is 88.1 cm³/mol. The van der Waals surface area contributed by atoms with Gasteiger partial charge in [-0.3, -0.25) is 4.84 Å². The van der Waals surface area contributed by atoms with Crippen LogP contribution in [-0.4, -0.2) is 94.8 Å². The molecule has 4 aliphatic rings. The Morgan fingerprint density at radius 1 is 1.00 bits per heavy atom. The van der Waals surface area contributed by atoms with Gasteiger partial charge >= 0.3 is 0 Å². The van der Waals surface area contributed by atoms with Gasteiger partial charge in [-0.05, 0) is 13.8 Å². The Kier molecular flexibility index (Phi) is 5.49. The monoisotopic (exact) mass is 391 g/mol. The van der Waals surface area contributed by atoms with Crippen LogP contribution >= 0.6 is 0 Å². The van der Waals surface area contributed by atoms with Gasteiger partial charge in [0.2, 0.25) is 5.79 Å². The Morgan fingerprint density at radius 3 is 2.44 bits per heavy atom. The fourth-order valence-corrected chi connectivity index (χ4v) is 4.43. The van der Waals surface area contributed by atoms with Gasteiger partial charge in [-0.1, -0.05) is 0 Å². The molecule has 156 valence electrons. The van der Waals surface area contributed by atoms with Crippen molar-refractivity contribution in [2.45, 2.75) is 68.6 Å². The van der Waals surface area contributed by atoms with E-state index in [9.17, 15) is 0 Å². The molecule has 0 unspecified atom stereocenters. The Bertz CT molecular complexity index is 535. The van der Waals surface area contributed by atoms with Crippen LogP contribution in [0.4, 0.5) is 0 Å². The van der Waals surface area contributed by atoms with Crippen molar-refractivity contribution in [3.05, 3.63) is 0 Å². The first-order chi connectivity index (χ1) is 12.9. The van der Waals surface area contributed by atoms with E-state index in [1.165, 1.54) is 0 Å². The number of nitrogens with zero attached hydrogens (tertiary/aromatic N) is 1. The van der Waals surface area contributed by atoms with Gasteiger partial charge in [-0.2, -0.15) is 5.06 Å². The first kappa shape index (κ1) is 19.9. The largest absolute Gasteiger partial charge is 0.359 e. The van der Waals surface area contributed by atoms with Gasteiger partial charge in [0, 0.05) is 27.8 Å². The Balaban J connectivity index is 1.52. The van der Waals surface area contributed by atoms with Crippen molar-refractivity contribution in [2.24, 2.45) is 0 Å². The molecule has 0 amide bonds. The van der Waals surface area contributed by atoms with Crippen molar-refractivity contribution < 1.29 is 42.7 Å². The van der Waals surface area contributed by atoms with E-state index in [4.69, 9.17) is 42.7 Å². The third-order valence-electron chi connectivity index (χ3n) is 5.40. The third-order valence-corrected chi connectivity index (χ3v) is 5.40. The molecule has 0 aromatic rings. The van der Waals surface area contributed by atoms with Crippen molar-refractivity contribution in [3.8, 4) is 0 Å². The molecule has 27 heavy (non-hydrogen) atoms. The van der Waals surface area contributed by atoms with Crippen LogP contribution < -0.4 is 0 Å². The number of methoxy groups -OCH3 is 3. The summed E-state index contributed by atoms with van der Waals surface area (Å²) >= 11 is 0. The molecule has 1 spiro atoms. The van der Waals surface area contributed by atoms with Gasteiger partial charge in [0.15, 0.2) is 12.1 Å². The van der Waals surface area contributed by atoms with Crippen molar-refractivity contribution in [2.75, 3.05) is 41.5 Å². The second-order valence-corrected chi connectivity index (χ2v) is 7.67. The first-order valence-corrected chi connectivity index (χ1v) is 9.16. The number of hydrogen-bond donors (Lipinski definition) is 0. The molecule has 4 rings (SSSR count). The highest BCUT2D eigenvalue weighted by molar-refractivity contribution is 5.08. The summed E-state index contributed by atoms with van der Waals surface area (Å²) in [7, 11) is 4.76. The lowest BCUT2D eigenvalue weighted by molar-refractivity contribution is -0.354. The van der Waals surface area contributed by atoms with Crippen LogP contribution in [0, 0.1) is 0 Å². The number of hydroxylamine groups is 2. The minimum atomic E-state index is -0.981. The average molecular weight is 391 g/mol. The highest BCUT2D eigenvalue weighted by Crippen LogP contribution is 2.52. The standard InChI is InChI=1S/C17H29NO9/c1-16(2)24-13-14(25-16)17(26-15(13)21-5)6-10-12(23-9-20-4)11(22-8-19-3)7-18(10)27-17/h10-15H,6-9H2,1-5H3/t10-,11-,12-,13+,14-,15+,17+/m0/s1. The lowest BCUT2D eigenvalue weighted by Gasteiger charge is -2.31. The summed E-state index contributed by atoms with van der Waals surface area (Å²) in [5, 5.41) is 1.85. The van der Waals surface area contributed by atoms with Crippen LogP contribution in [0.15, 0.2) is 0 Å². The van der Waals surface area contributed by atoms with E-state index in [-0.39, 0.29) is 37.9 Å². The summed E-state index contributed by atoms with van der Waals surface area (Å²) in [5.41, 5.74) is 0. The lowest BCUT2D eigenvalue weighted by atomic mass is 9.97. The SMILES string of the molecule is COCO[C@@H]1[C@@H](OCOC)CN2O[C@@]3(C[C@@H]12)O[C@@H](OC)[C@@H]1OC(C)(C)O[C@@H]13. The second-order valence-electron chi connectivity index (χ2n) is 7.67. The molecule has 4 fully saturated rings. The first-order valence-electron chi connectivity index (χ1n) is 9.16. The molecule has 4 heterocycles. The Morgan fingerprint density at radius 2 is 1.74 bits per heavy atom. The van der Waals surface area contributed by atoms with Gasteiger partial charge < -0.3 is 37.9 Å². The maximum absolute atomic E-state index is 6.28. The molecule has 0 aromatic carbocycles. The molecule has 4 saturated heterocycles. The van der Waals surface area contributed by atoms with E-state index >= 15 is 0 Å². The molecule has 0 saturated carbocycles. The number of fused-ring (bicyclic) bond motifs is 3. The average Bonchev–Trinajstić information content (AvgIpc) is 3.30. The molecular weight excluding hydrogens is 362 g/mol. The van der Waals surface area contributed by atoms with E-state index in [1.807, 2.05) is 18.9 Å². The van der Waals surface area contributed by atoms with Gasteiger partial charge in [-0.15, -0.1) is 0 Å². The second kappa shape index (κ2) is 7.45. The third kappa shape index (κ3) is 3.42. The van der Waals surface area contributed by atoms with Crippen molar-refractivity contribution in [1.29, 1.82) is 0 Å². The van der Waals surface area contributed by atoms with E-state index in [0.717, 1.165) is 0 Å². The molecular formula is C17H29NO9. The molecule has 0 aliphatic carbocycles. The normalized spacial score (nSPS) is 45.7. The fraction of sp³-hybridized carbons (Fsp3) is 1.00. The quantitative estimate of drug-likeness (QED) is 0.561. The highest BCUT2D eigenvalue weighted by atomic mass is 16.9. The number of ether oxygens (including phenoxy) is 8. The van der Waals surface area contributed by atoms with Crippen LogP contribution in [0.3, 0.4) is 0 Å². The highest BCUT2D eigenvalue weighted by Gasteiger charge is 2.70. The van der Waals surface area contributed by atoms with Crippen molar-refractivity contribution in [3.63, 3.8) is 0 Å². The molecule has 4 aliphatic heterocycles. The molecule has 0 bridgehead atoms. The van der Waals surface area contributed by atoms with Gasteiger partial charge in [-0.25, -0.2) is 0 Å². The predicted octanol–water partition coefficient (Wildman–Crippen LogP) is 0.203. The number of hydrogen-bond acceptors (Lipinski definition) is 10.